The van der Waals surface area contributed by atoms with E-state index in [0.717, 1.165) is 19.3 Å². The third-order valence-electron chi connectivity index (χ3n) is 5.15. The summed E-state index contributed by atoms with van der Waals surface area (Å²) < 4.78 is 29.6. The van der Waals surface area contributed by atoms with Gasteiger partial charge in [0.25, 0.3) is 11.9 Å². The van der Waals surface area contributed by atoms with Gasteiger partial charge in [-0.25, -0.2) is 4.39 Å². The fraction of sp³-hybridized carbons (Fsp3) is 0.333. The summed E-state index contributed by atoms with van der Waals surface area (Å²) in [7, 11) is 3.03. The summed E-state index contributed by atoms with van der Waals surface area (Å²) in [6.45, 7) is 0. The van der Waals surface area contributed by atoms with Gasteiger partial charge in [-0.15, -0.1) is 0 Å². The Morgan fingerprint density at radius 3 is 2.59 bits per heavy atom. The molecule has 29 heavy (non-hydrogen) atoms. The number of nitrogens with one attached hydrogen (secondary N) is 2. The van der Waals surface area contributed by atoms with E-state index in [2.05, 4.69) is 15.6 Å². The Hall–Kier alpha value is -3.29. The van der Waals surface area contributed by atoms with E-state index in [4.69, 9.17) is 13.9 Å². The molecule has 1 fully saturated rings. The quantitative estimate of drug-likeness (QED) is 0.657. The molecule has 0 spiro atoms. The molecule has 0 bridgehead atoms. The van der Waals surface area contributed by atoms with E-state index in [1.54, 1.807) is 24.3 Å². The molecule has 8 heteroatoms. The van der Waals surface area contributed by atoms with Gasteiger partial charge in [-0.1, -0.05) is 6.07 Å². The van der Waals surface area contributed by atoms with Gasteiger partial charge in [0.15, 0.2) is 5.58 Å². The van der Waals surface area contributed by atoms with Crippen LogP contribution in [0.2, 0.25) is 0 Å². The Kier molecular flexibility index (Phi) is 5.24. The van der Waals surface area contributed by atoms with E-state index in [9.17, 15) is 9.18 Å². The van der Waals surface area contributed by atoms with E-state index >= 15 is 0 Å². The van der Waals surface area contributed by atoms with Crippen molar-refractivity contribution in [1.82, 2.24) is 10.3 Å². The second kappa shape index (κ2) is 7.98. The lowest BCUT2D eigenvalue weighted by molar-refractivity contribution is 0.0929. The summed E-state index contributed by atoms with van der Waals surface area (Å²) in [5.74, 6) is 0.255. The number of oxazole rings is 1. The minimum Gasteiger partial charge on any atom is -0.496 e. The molecule has 0 saturated heterocycles. The van der Waals surface area contributed by atoms with Crippen LogP contribution in [0.25, 0.3) is 11.1 Å². The molecule has 1 saturated carbocycles. The Labute approximate surface area is 167 Å². The number of carbonyl (C=O) groups excluding carboxylic acids is 1. The number of methoxy groups -OCH3 is 2. The molecular formula is C21H22FN3O4. The topological polar surface area (TPSA) is 85.6 Å². The molecule has 2 N–H and O–H groups in total. The lowest BCUT2D eigenvalue weighted by Crippen LogP contribution is -2.43. The van der Waals surface area contributed by atoms with Gasteiger partial charge in [-0.05, 0) is 43.5 Å². The highest BCUT2D eigenvalue weighted by Crippen LogP contribution is 2.30. The number of ether oxygens (including phenoxy) is 2. The fourth-order valence-corrected chi connectivity index (χ4v) is 3.74. The first kappa shape index (κ1) is 19.0. The predicted molar refractivity (Wildman–Crippen MR) is 106 cm³/mol. The van der Waals surface area contributed by atoms with Gasteiger partial charge in [-0.2, -0.15) is 4.98 Å². The van der Waals surface area contributed by atoms with Crippen molar-refractivity contribution in [3.8, 4) is 11.5 Å². The lowest BCUT2D eigenvalue weighted by atomic mass is 10.1. The maximum atomic E-state index is 13.4. The van der Waals surface area contributed by atoms with Crippen molar-refractivity contribution < 1.29 is 23.1 Å². The van der Waals surface area contributed by atoms with Crippen LogP contribution in [0.3, 0.4) is 0 Å². The van der Waals surface area contributed by atoms with Crippen molar-refractivity contribution in [3.05, 3.63) is 47.8 Å². The maximum Gasteiger partial charge on any atom is 0.295 e. The van der Waals surface area contributed by atoms with Crippen LogP contribution in [0.4, 0.5) is 10.4 Å². The monoisotopic (exact) mass is 399 g/mol. The van der Waals surface area contributed by atoms with Gasteiger partial charge in [0, 0.05) is 12.1 Å². The van der Waals surface area contributed by atoms with Crippen molar-refractivity contribution >= 4 is 23.0 Å². The number of anilines is 1. The summed E-state index contributed by atoms with van der Waals surface area (Å²) in [5, 5.41) is 6.30. The first-order valence-electron chi connectivity index (χ1n) is 9.43. The minimum atomic E-state index is -0.378. The zero-order chi connectivity index (χ0) is 20.4. The summed E-state index contributed by atoms with van der Waals surface area (Å²) >= 11 is 0. The highest BCUT2D eigenvalue weighted by Gasteiger charge is 2.31. The van der Waals surface area contributed by atoms with Crippen molar-refractivity contribution in [2.24, 2.45) is 0 Å². The van der Waals surface area contributed by atoms with Crippen LogP contribution in [-0.2, 0) is 0 Å². The van der Waals surface area contributed by atoms with Crippen LogP contribution in [0.5, 0.6) is 11.5 Å². The first-order chi connectivity index (χ1) is 14.1. The van der Waals surface area contributed by atoms with Gasteiger partial charge < -0.3 is 24.5 Å². The average molecular weight is 399 g/mol. The molecule has 1 aromatic heterocycles. The molecular weight excluding hydrogens is 377 g/mol. The molecule has 1 aliphatic rings. The Morgan fingerprint density at radius 2 is 1.86 bits per heavy atom. The molecule has 4 rings (SSSR count). The number of amides is 1. The zero-order valence-corrected chi connectivity index (χ0v) is 16.2. The molecule has 0 unspecified atom stereocenters. The van der Waals surface area contributed by atoms with Gasteiger partial charge in [0.05, 0.1) is 20.3 Å². The third-order valence-corrected chi connectivity index (χ3v) is 5.15. The molecule has 1 heterocycles. The number of fused-ring (bicyclic) bond motifs is 1. The molecule has 1 aliphatic carbocycles. The SMILES string of the molecule is COc1cccc(OC)c1C(=O)N[C@H]1CCC[C@H]1Nc1nc2ccc(F)cc2o1. The predicted octanol–water partition coefficient (Wildman–Crippen LogP) is 3.75. The molecule has 152 valence electrons. The van der Waals surface area contributed by atoms with Gasteiger partial charge >= 0.3 is 0 Å². The largest absolute Gasteiger partial charge is 0.496 e. The van der Waals surface area contributed by atoms with Crippen LogP contribution >= 0.6 is 0 Å². The second-order valence-electron chi connectivity index (χ2n) is 6.93. The summed E-state index contributed by atoms with van der Waals surface area (Å²) in [6, 6.07) is 9.56. The molecule has 3 aromatic rings. The van der Waals surface area contributed by atoms with E-state index in [-0.39, 0.29) is 23.8 Å². The Bertz CT molecular complexity index is 1010. The normalized spacial score (nSPS) is 18.6. The van der Waals surface area contributed by atoms with Crippen LogP contribution < -0.4 is 20.1 Å². The number of hydrogen-bond donors (Lipinski definition) is 2. The third kappa shape index (κ3) is 3.83. The minimum absolute atomic E-state index is 0.0578. The van der Waals surface area contributed by atoms with Crippen molar-refractivity contribution in [2.45, 2.75) is 31.3 Å². The lowest BCUT2D eigenvalue weighted by Gasteiger charge is -2.22. The van der Waals surface area contributed by atoms with E-state index in [1.165, 1.54) is 26.4 Å². The number of halogens is 1. The highest BCUT2D eigenvalue weighted by molar-refractivity contribution is 6.00. The number of nitrogens with zero attached hydrogens (tertiary/aromatic N) is 1. The summed E-state index contributed by atoms with van der Waals surface area (Å²) in [4.78, 5) is 17.3. The molecule has 2 aromatic carbocycles. The van der Waals surface area contributed by atoms with E-state index in [0.29, 0.717) is 34.2 Å². The van der Waals surface area contributed by atoms with Gasteiger partial charge in [-0.3, -0.25) is 4.79 Å². The molecule has 2 atom stereocenters. The van der Waals surface area contributed by atoms with Gasteiger partial charge in [0.2, 0.25) is 0 Å². The van der Waals surface area contributed by atoms with Crippen molar-refractivity contribution in [3.63, 3.8) is 0 Å². The highest BCUT2D eigenvalue weighted by atomic mass is 19.1. The summed E-state index contributed by atoms with van der Waals surface area (Å²) in [6.07, 6.45) is 2.61. The Morgan fingerprint density at radius 1 is 1.14 bits per heavy atom. The molecule has 0 radical (unpaired) electrons. The Balaban J connectivity index is 1.51. The average Bonchev–Trinajstić information content (AvgIpc) is 3.33. The number of aromatic nitrogens is 1. The standard InChI is InChI=1S/C21H22FN3O4/c1-27-16-7-4-8-17(28-2)19(16)20(26)23-13-5-3-6-14(13)24-21-25-15-10-9-12(22)11-18(15)29-21/h4,7-11,13-14H,3,5-6H2,1-2H3,(H,23,26)(H,24,25)/t13-,14+/m0/s1. The molecule has 0 aliphatic heterocycles. The van der Waals surface area contributed by atoms with Crippen LogP contribution in [-0.4, -0.2) is 37.2 Å². The van der Waals surface area contributed by atoms with Crippen LogP contribution in [0.15, 0.2) is 40.8 Å². The van der Waals surface area contributed by atoms with Crippen molar-refractivity contribution in [2.75, 3.05) is 19.5 Å². The van der Waals surface area contributed by atoms with Crippen LogP contribution in [0.1, 0.15) is 29.6 Å². The smallest absolute Gasteiger partial charge is 0.295 e. The zero-order valence-electron chi connectivity index (χ0n) is 16.2. The number of rotatable bonds is 6. The maximum absolute atomic E-state index is 13.4. The van der Waals surface area contributed by atoms with Crippen LogP contribution in [0, 0.1) is 5.82 Å². The number of benzene rings is 2. The molecule has 1 amide bonds. The van der Waals surface area contributed by atoms with Crippen molar-refractivity contribution in [1.29, 1.82) is 0 Å². The second-order valence-corrected chi connectivity index (χ2v) is 6.93. The fourth-order valence-electron chi connectivity index (χ4n) is 3.74. The summed E-state index contributed by atoms with van der Waals surface area (Å²) in [5.41, 5.74) is 1.32. The number of hydrogen-bond acceptors (Lipinski definition) is 6. The van der Waals surface area contributed by atoms with E-state index < -0.39 is 0 Å². The van der Waals surface area contributed by atoms with E-state index in [1.807, 2.05) is 0 Å². The number of carbonyl (C=O) groups is 1. The van der Waals surface area contributed by atoms with Gasteiger partial charge in [0.1, 0.15) is 28.4 Å². The first-order valence-corrected chi connectivity index (χ1v) is 9.43. The molecule has 7 nitrogen and oxygen atoms in total.